The first-order valence-corrected chi connectivity index (χ1v) is 10.5. The molecule has 5 nitrogen and oxygen atoms in total. The molecule has 26 heavy (non-hydrogen) atoms. The minimum Gasteiger partial charge on any atom is -0.390 e. The molecule has 0 aliphatic heterocycles. The molecule has 2 aromatic rings. The number of pyridine rings is 1. The Kier molecular flexibility index (Phi) is 3.51. The molecule has 1 N–H and O–H groups in total. The Labute approximate surface area is 157 Å². The second-order valence-corrected chi connectivity index (χ2v) is 10.0. The second-order valence-electron chi connectivity index (χ2n) is 9.16. The molecule has 6 heteroatoms. The molecule has 0 saturated heterocycles. The van der Waals surface area contributed by atoms with Crippen molar-refractivity contribution in [3.05, 3.63) is 23.3 Å². The summed E-state index contributed by atoms with van der Waals surface area (Å²) in [6.45, 7) is 3.84. The molecule has 0 unspecified atom stereocenters. The molecule has 3 saturated carbocycles. The van der Waals surface area contributed by atoms with Gasteiger partial charge < -0.3 is 10.0 Å². The largest absolute Gasteiger partial charge is 0.390 e. The van der Waals surface area contributed by atoms with Gasteiger partial charge in [-0.1, -0.05) is 0 Å². The van der Waals surface area contributed by atoms with E-state index in [0.29, 0.717) is 29.0 Å². The Morgan fingerprint density at radius 2 is 1.96 bits per heavy atom. The predicted molar refractivity (Wildman–Crippen MR) is 101 cm³/mol. The molecule has 3 aliphatic rings. The summed E-state index contributed by atoms with van der Waals surface area (Å²) in [6, 6.07) is 2.71. The molecule has 3 fully saturated rings. The van der Waals surface area contributed by atoms with Crippen LogP contribution in [-0.2, 0) is 0 Å². The van der Waals surface area contributed by atoms with Gasteiger partial charge in [0.15, 0.2) is 5.65 Å². The van der Waals surface area contributed by atoms with Gasteiger partial charge in [-0.3, -0.25) is 4.79 Å². The number of hydrogen-bond donors (Lipinski definition) is 1. The number of amides is 1. The fraction of sp³-hybridized carbons (Fsp3) is 0.650. The van der Waals surface area contributed by atoms with Crippen LogP contribution in [0, 0.1) is 11.3 Å². The number of carbonyl (C=O) groups excluding carboxylic acids is 1. The maximum Gasteiger partial charge on any atom is 0.255 e. The van der Waals surface area contributed by atoms with E-state index in [1.165, 1.54) is 11.3 Å². The summed E-state index contributed by atoms with van der Waals surface area (Å²) in [5, 5.41) is 10.2. The molecular formula is C20H25N3O2S. The third-order valence-corrected chi connectivity index (χ3v) is 7.46. The number of fused-ring (bicyclic) bond motifs is 1. The van der Waals surface area contributed by atoms with Gasteiger partial charge in [0.2, 0.25) is 0 Å². The van der Waals surface area contributed by atoms with Crippen LogP contribution < -0.4 is 0 Å². The Morgan fingerprint density at radius 1 is 1.23 bits per heavy atom. The van der Waals surface area contributed by atoms with Crippen LogP contribution in [0.25, 0.3) is 10.3 Å². The maximum absolute atomic E-state index is 13.2. The van der Waals surface area contributed by atoms with Crippen LogP contribution in [0.1, 0.15) is 62.7 Å². The molecule has 2 heterocycles. The predicted octanol–water partition coefficient (Wildman–Crippen LogP) is 3.63. The Bertz CT molecular complexity index is 853. The quantitative estimate of drug-likeness (QED) is 0.891. The van der Waals surface area contributed by atoms with Gasteiger partial charge in [0.1, 0.15) is 0 Å². The van der Waals surface area contributed by atoms with Gasteiger partial charge in [0, 0.05) is 18.3 Å². The van der Waals surface area contributed by atoms with Gasteiger partial charge in [0.05, 0.1) is 21.4 Å². The first-order chi connectivity index (χ1) is 12.3. The zero-order valence-corrected chi connectivity index (χ0v) is 16.1. The average molecular weight is 372 g/mol. The molecule has 0 bridgehead atoms. The molecule has 1 amide bonds. The summed E-state index contributed by atoms with van der Waals surface area (Å²) >= 11 is 1.53. The Balaban J connectivity index is 1.30. The molecule has 5 rings (SSSR count). The lowest BCUT2D eigenvalue weighted by atomic mass is 9.47. The molecule has 3 aliphatic carbocycles. The molecular weight excluding hydrogens is 346 g/mol. The van der Waals surface area contributed by atoms with Crippen LogP contribution in [0.4, 0.5) is 0 Å². The van der Waals surface area contributed by atoms with Crippen LogP contribution in [0.5, 0.6) is 0 Å². The van der Waals surface area contributed by atoms with Crippen molar-refractivity contribution in [2.45, 2.75) is 70.1 Å². The van der Waals surface area contributed by atoms with Crippen molar-refractivity contribution < 1.29 is 9.90 Å². The van der Waals surface area contributed by atoms with E-state index in [4.69, 9.17) is 0 Å². The minimum atomic E-state index is -0.571. The van der Waals surface area contributed by atoms with Crippen molar-refractivity contribution in [1.29, 1.82) is 0 Å². The highest BCUT2D eigenvalue weighted by molar-refractivity contribution is 7.16. The van der Waals surface area contributed by atoms with Crippen LogP contribution >= 0.6 is 11.3 Å². The van der Waals surface area contributed by atoms with Crippen molar-refractivity contribution in [3.8, 4) is 0 Å². The summed E-state index contributed by atoms with van der Waals surface area (Å²) < 4.78 is 0.976. The molecule has 0 aromatic carbocycles. The van der Waals surface area contributed by atoms with Crippen molar-refractivity contribution >= 4 is 27.6 Å². The van der Waals surface area contributed by atoms with E-state index in [1.807, 2.05) is 19.9 Å². The van der Waals surface area contributed by atoms with E-state index in [2.05, 4.69) is 14.9 Å². The highest BCUT2D eigenvalue weighted by Gasteiger charge is 2.58. The standard InChI is InChI=1S/C20H25N3O2S/c1-19(2,25)13-6-20(7-13)8-15(9-20)23(14-3-4-14)18(24)12-5-16-17(21-10-12)22-11-26-16/h5,10-11,13-15,25H,3-4,6-9H2,1-2H3. The number of rotatable bonds is 4. The van der Waals surface area contributed by atoms with Crippen LogP contribution in [0.15, 0.2) is 17.8 Å². The lowest BCUT2D eigenvalue weighted by Gasteiger charge is -2.62. The summed E-state index contributed by atoms with van der Waals surface area (Å²) in [6.07, 6.45) is 8.33. The van der Waals surface area contributed by atoms with E-state index < -0.39 is 5.60 Å². The lowest BCUT2D eigenvalue weighted by molar-refractivity contribution is -0.142. The maximum atomic E-state index is 13.2. The SMILES string of the molecule is CC(C)(O)C1CC2(CC(N(C(=O)c3cnc4ncsc4c3)C3CC3)C2)C1. The summed E-state index contributed by atoms with van der Waals surface area (Å²) in [4.78, 5) is 23.9. The molecule has 2 aromatic heterocycles. The normalized spacial score (nSPS) is 30.9. The topological polar surface area (TPSA) is 66.3 Å². The van der Waals surface area contributed by atoms with E-state index in [0.717, 1.165) is 48.9 Å². The van der Waals surface area contributed by atoms with Crippen molar-refractivity contribution in [2.24, 2.45) is 11.3 Å². The number of hydrogen-bond acceptors (Lipinski definition) is 5. The Hall–Kier alpha value is -1.53. The van der Waals surface area contributed by atoms with Crippen LogP contribution in [-0.4, -0.2) is 43.6 Å². The fourth-order valence-corrected chi connectivity index (χ4v) is 5.63. The smallest absolute Gasteiger partial charge is 0.255 e. The van der Waals surface area contributed by atoms with Crippen molar-refractivity contribution in [3.63, 3.8) is 0 Å². The van der Waals surface area contributed by atoms with E-state index in [1.54, 1.807) is 11.7 Å². The third-order valence-electron chi connectivity index (χ3n) is 6.70. The number of nitrogens with zero attached hydrogens (tertiary/aromatic N) is 3. The lowest BCUT2D eigenvalue weighted by Crippen LogP contribution is -2.60. The van der Waals surface area contributed by atoms with Crippen LogP contribution in [0.3, 0.4) is 0 Å². The number of aliphatic hydroxyl groups is 1. The first kappa shape index (κ1) is 16.6. The zero-order chi connectivity index (χ0) is 18.1. The molecule has 1 spiro atoms. The van der Waals surface area contributed by atoms with Crippen molar-refractivity contribution in [2.75, 3.05) is 0 Å². The van der Waals surface area contributed by atoms with Gasteiger partial charge >= 0.3 is 0 Å². The molecule has 0 atom stereocenters. The van der Waals surface area contributed by atoms with E-state index >= 15 is 0 Å². The Morgan fingerprint density at radius 3 is 2.62 bits per heavy atom. The fourth-order valence-electron chi connectivity index (χ4n) is 4.96. The molecule has 138 valence electrons. The first-order valence-electron chi connectivity index (χ1n) is 9.59. The second kappa shape index (κ2) is 5.49. The third kappa shape index (κ3) is 2.65. The monoisotopic (exact) mass is 371 g/mol. The van der Waals surface area contributed by atoms with Gasteiger partial charge in [-0.2, -0.15) is 0 Å². The van der Waals surface area contributed by atoms with Gasteiger partial charge in [-0.15, -0.1) is 11.3 Å². The number of thiazole rings is 1. The van der Waals surface area contributed by atoms with Crippen LogP contribution in [0.2, 0.25) is 0 Å². The summed E-state index contributed by atoms with van der Waals surface area (Å²) in [5.41, 5.74) is 2.99. The number of aromatic nitrogens is 2. The number of carbonyl (C=O) groups is 1. The highest BCUT2D eigenvalue weighted by atomic mass is 32.1. The highest BCUT2D eigenvalue weighted by Crippen LogP contribution is 2.62. The van der Waals surface area contributed by atoms with E-state index in [-0.39, 0.29) is 5.91 Å². The minimum absolute atomic E-state index is 0.133. The summed E-state index contributed by atoms with van der Waals surface area (Å²) in [5.74, 6) is 0.542. The zero-order valence-electron chi connectivity index (χ0n) is 15.3. The molecule has 0 radical (unpaired) electrons. The van der Waals surface area contributed by atoms with Gasteiger partial charge in [-0.05, 0) is 69.8 Å². The van der Waals surface area contributed by atoms with Gasteiger partial charge in [0.25, 0.3) is 5.91 Å². The van der Waals surface area contributed by atoms with Gasteiger partial charge in [-0.25, -0.2) is 9.97 Å². The average Bonchev–Trinajstić information content (AvgIpc) is 3.22. The van der Waals surface area contributed by atoms with Crippen molar-refractivity contribution in [1.82, 2.24) is 14.9 Å². The summed E-state index contributed by atoms with van der Waals surface area (Å²) in [7, 11) is 0. The van der Waals surface area contributed by atoms with E-state index in [9.17, 15) is 9.90 Å².